The average molecular weight is 338 g/mol. The van der Waals surface area contributed by atoms with Crippen molar-refractivity contribution in [3.8, 4) is 0 Å². The lowest BCUT2D eigenvalue weighted by Crippen LogP contribution is -2.40. The predicted octanol–water partition coefficient (Wildman–Crippen LogP) is 1.68. The van der Waals surface area contributed by atoms with Crippen LogP contribution in [0.1, 0.15) is 33.6 Å². The van der Waals surface area contributed by atoms with Crippen LogP contribution >= 0.6 is 0 Å². The number of rotatable bonds is 6. The summed E-state index contributed by atoms with van der Waals surface area (Å²) in [5.41, 5.74) is 4.65. The van der Waals surface area contributed by atoms with Crippen LogP contribution in [0.15, 0.2) is 6.20 Å². The Morgan fingerprint density at radius 1 is 1.54 bits per heavy atom. The monoisotopic (exact) mass is 338 g/mol. The second-order valence-corrected chi connectivity index (χ2v) is 6.69. The number of nitro groups is 1. The van der Waals surface area contributed by atoms with E-state index in [0.29, 0.717) is 12.5 Å². The molecule has 1 amide bonds. The number of anilines is 2. The highest BCUT2D eigenvalue weighted by molar-refractivity contribution is 5.67. The third-order valence-corrected chi connectivity index (χ3v) is 3.37. The van der Waals surface area contributed by atoms with Gasteiger partial charge in [0, 0.05) is 12.6 Å². The average Bonchev–Trinajstić information content (AvgIpc) is 3.25. The van der Waals surface area contributed by atoms with E-state index in [0.717, 1.165) is 19.0 Å². The summed E-state index contributed by atoms with van der Waals surface area (Å²) < 4.78 is 5.20. The van der Waals surface area contributed by atoms with Gasteiger partial charge in [0.25, 0.3) is 0 Å². The van der Waals surface area contributed by atoms with Gasteiger partial charge in [-0.3, -0.25) is 10.1 Å². The van der Waals surface area contributed by atoms with Crippen molar-refractivity contribution >= 4 is 23.5 Å². The fraction of sp³-hybridized carbons (Fsp3) is 0.643. The van der Waals surface area contributed by atoms with Gasteiger partial charge in [-0.2, -0.15) is 4.98 Å². The van der Waals surface area contributed by atoms with Crippen LogP contribution in [0.2, 0.25) is 0 Å². The van der Waals surface area contributed by atoms with Crippen LogP contribution in [0.4, 0.5) is 22.2 Å². The lowest BCUT2D eigenvalue weighted by Gasteiger charge is -2.22. The predicted molar refractivity (Wildman–Crippen MR) is 87.5 cm³/mol. The van der Waals surface area contributed by atoms with Crippen LogP contribution in [0.5, 0.6) is 0 Å². The number of nitrogen functional groups attached to an aromatic ring is 1. The van der Waals surface area contributed by atoms with Crippen molar-refractivity contribution in [1.82, 2.24) is 15.3 Å². The zero-order chi connectivity index (χ0) is 17.9. The van der Waals surface area contributed by atoms with E-state index in [1.807, 2.05) is 0 Å². The van der Waals surface area contributed by atoms with Gasteiger partial charge in [-0.25, -0.2) is 9.78 Å². The number of ether oxygens (including phenoxy) is 1. The molecule has 0 spiro atoms. The molecule has 10 heteroatoms. The second kappa shape index (κ2) is 6.85. The van der Waals surface area contributed by atoms with Crippen LogP contribution in [0.25, 0.3) is 0 Å². The molecule has 1 aliphatic rings. The summed E-state index contributed by atoms with van der Waals surface area (Å²) in [6, 6.07) is -0.0987. The van der Waals surface area contributed by atoms with Crippen molar-refractivity contribution < 1.29 is 14.5 Å². The number of alkyl carbamates (subject to hydrolysis) is 1. The van der Waals surface area contributed by atoms with Crippen LogP contribution in [0, 0.1) is 16.0 Å². The molecule has 1 unspecified atom stereocenters. The summed E-state index contributed by atoms with van der Waals surface area (Å²) in [6.07, 6.45) is 2.61. The Balaban J connectivity index is 1.96. The minimum Gasteiger partial charge on any atom is -0.444 e. The highest BCUT2D eigenvalue weighted by Crippen LogP contribution is 2.34. The molecule has 0 bridgehead atoms. The molecule has 132 valence electrons. The third-order valence-electron chi connectivity index (χ3n) is 3.37. The molecule has 1 atom stereocenters. The number of aromatic nitrogens is 2. The van der Waals surface area contributed by atoms with Crippen molar-refractivity contribution in [3.63, 3.8) is 0 Å². The quantitative estimate of drug-likeness (QED) is 0.524. The van der Waals surface area contributed by atoms with E-state index in [-0.39, 0.29) is 23.5 Å². The van der Waals surface area contributed by atoms with Gasteiger partial charge < -0.3 is 21.1 Å². The molecule has 24 heavy (non-hydrogen) atoms. The Kier molecular flexibility index (Phi) is 5.05. The van der Waals surface area contributed by atoms with Crippen LogP contribution < -0.4 is 16.4 Å². The van der Waals surface area contributed by atoms with Gasteiger partial charge >= 0.3 is 11.8 Å². The molecule has 1 aromatic rings. The van der Waals surface area contributed by atoms with Crippen molar-refractivity contribution in [2.24, 2.45) is 5.92 Å². The van der Waals surface area contributed by atoms with Gasteiger partial charge in [-0.05, 0) is 39.5 Å². The normalized spacial score (nSPS) is 15.5. The number of carbonyl (C=O) groups is 1. The van der Waals surface area contributed by atoms with Crippen molar-refractivity contribution in [2.75, 3.05) is 17.6 Å². The molecule has 1 aromatic heterocycles. The third kappa shape index (κ3) is 5.21. The zero-order valence-electron chi connectivity index (χ0n) is 13.9. The highest BCUT2D eigenvalue weighted by Gasteiger charge is 2.32. The molecule has 1 heterocycles. The molecule has 1 saturated carbocycles. The number of amides is 1. The molecular weight excluding hydrogens is 316 g/mol. The Morgan fingerprint density at radius 2 is 2.21 bits per heavy atom. The van der Waals surface area contributed by atoms with E-state index < -0.39 is 16.6 Å². The SMILES string of the molecule is CC(C)(C)OC(=O)NCC(Nc1ncc([N+](=O)[O-])c(N)n1)C1CC1. The molecule has 0 radical (unpaired) electrons. The zero-order valence-corrected chi connectivity index (χ0v) is 13.9. The van der Waals surface area contributed by atoms with Gasteiger partial charge in [-0.15, -0.1) is 0 Å². The first-order chi connectivity index (χ1) is 11.2. The summed E-state index contributed by atoms with van der Waals surface area (Å²) >= 11 is 0. The smallest absolute Gasteiger partial charge is 0.407 e. The maximum atomic E-state index is 11.7. The van der Waals surface area contributed by atoms with Crippen LogP contribution in [-0.4, -0.2) is 39.2 Å². The second-order valence-electron chi connectivity index (χ2n) is 6.69. The van der Waals surface area contributed by atoms with E-state index in [9.17, 15) is 14.9 Å². The van der Waals surface area contributed by atoms with Gasteiger partial charge in [-0.1, -0.05) is 0 Å². The molecule has 10 nitrogen and oxygen atoms in total. The first-order valence-electron chi connectivity index (χ1n) is 7.66. The molecule has 1 fully saturated rings. The minimum atomic E-state index is -0.637. The van der Waals surface area contributed by atoms with E-state index in [4.69, 9.17) is 10.5 Å². The van der Waals surface area contributed by atoms with E-state index in [2.05, 4.69) is 20.6 Å². The summed E-state index contributed by atoms with van der Waals surface area (Å²) in [4.78, 5) is 29.6. The first-order valence-corrected chi connectivity index (χ1v) is 7.66. The Morgan fingerprint density at radius 3 is 2.71 bits per heavy atom. The fourth-order valence-electron chi connectivity index (χ4n) is 2.11. The molecule has 0 aromatic carbocycles. The minimum absolute atomic E-state index is 0.0987. The maximum Gasteiger partial charge on any atom is 0.407 e. The summed E-state index contributed by atoms with van der Waals surface area (Å²) in [5, 5.41) is 16.5. The Labute approximate surface area is 139 Å². The lowest BCUT2D eigenvalue weighted by molar-refractivity contribution is -0.384. The van der Waals surface area contributed by atoms with Gasteiger partial charge in [0.05, 0.1) is 4.92 Å². The van der Waals surface area contributed by atoms with Gasteiger partial charge in [0.1, 0.15) is 11.8 Å². The lowest BCUT2D eigenvalue weighted by atomic mass is 10.2. The van der Waals surface area contributed by atoms with Crippen LogP contribution in [0.3, 0.4) is 0 Å². The molecule has 2 rings (SSSR count). The number of nitrogens with two attached hydrogens (primary N) is 1. The van der Waals surface area contributed by atoms with Crippen molar-refractivity contribution in [2.45, 2.75) is 45.3 Å². The Hall–Kier alpha value is -2.65. The Bertz CT molecular complexity index is 626. The standard InChI is InChI=1S/C14H22N6O4/c1-14(2,3)24-13(21)17-6-9(8-4-5-8)18-12-16-7-10(20(22)23)11(15)19-12/h7-9H,4-6H2,1-3H3,(H,17,21)(H3,15,16,18,19). The molecule has 1 aliphatic carbocycles. The molecule has 0 aliphatic heterocycles. The van der Waals surface area contributed by atoms with Crippen LogP contribution in [-0.2, 0) is 4.74 Å². The number of carbonyl (C=O) groups excluding carboxylic acids is 1. The summed E-state index contributed by atoms with van der Waals surface area (Å²) in [7, 11) is 0. The maximum absolute atomic E-state index is 11.7. The topological polar surface area (TPSA) is 145 Å². The number of hydrogen-bond donors (Lipinski definition) is 3. The largest absolute Gasteiger partial charge is 0.444 e. The van der Waals surface area contributed by atoms with Crippen molar-refractivity contribution in [1.29, 1.82) is 0 Å². The van der Waals surface area contributed by atoms with E-state index in [1.54, 1.807) is 20.8 Å². The fourth-order valence-corrected chi connectivity index (χ4v) is 2.11. The van der Waals surface area contributed by atoms with Gasteiger partial charge in [0.2, 0.25) is 11.8 Å². The first kappa shape index (κ1) is 17.7. The van der Waals surface area contributed by atoms with E-state index >= 15 is 0 Å². The highest BCUT2D eigenvalue weighted by atomic mass is 16.6. The molecule has 0 saturated heterocycles. The number of nitrogens with zero attached hydrogens (tertiary/aromatic N) is 3. The number of nitrogens with one attached hydrogen (secondary N) is 2. The molecular formula is C14H22N6O4. The number of hydrogen-bond acceptors (Lipinski definition) is 8. The van der Waals surface area contributed by atoms with Crippen molar-refractivity contribution in [3.05, 3.63) is 16.3 Å². The summed E-state index contributed by atoms with van der Waals surface area (Å²) in [5.74, 6) is 0.369. The molecule has 4 N–H and O–H groups in total. The van der Waals surface area contributed by atoms with Gasteiger partial charge in [0.15, 0.2) is 0 Å². The van der Waals surface area contributed by atoms with E-state index in [1.165, 1.54) is 0 Å². The summed E-state index contributed by atoms with van der Waals surface area (Å²) in [6.45, 7) is 5.70.